The van der Waals surface area contributed by atoms with Crippen molar-refractivity contribution < 1.29 is 10.2 Å². The summed E-state index contributed by atoms with van der Waals surface area (Å²) in [7, 11) is 0. The average molecular weight is 250 g/mol. The molecule has 0 radical (unpaired) electrons. The lowest BCUT2D eigenvalue weighted by molar-refractivity contribution is 0.281. The second-order valence-electron chi connectivity index (χ2n) is 4.09. The van der Waals surface area contributed by atoms with E-state index in [1.807, 2.05) is 17.0 Å². The van der Waals surface area contributed by atoms with Gasteiger partial charge in [-0.05, 0) is 18.2 Å². The molecule has 0 amide bonds. The van der Waals surface area contributed by atoms with Gasteiger partial charge in [0.15, 0.2) is 0 Å². The summed E-state index contributed by atoms with van der Waals surface area (Å²) in [6, 6.07) is 5.51. The molecule has 6 nitrogen and oxygen atoms in total. The zero-order valence-electron chi connectivity index (χ0n) is 10.1. The third-order valence-electron chi connectivity index (χ3n) is 2.97. The van der Waals surface area contributed by atoms with Gasteiger partial charge in [0.25, 0.3) is 0 Å². The van der Waals surface area contributed by atoms with Crippen molar-refractivity contribution in [3.05, 3.63) is 24.4 Å². The van der Waals surface area contributed by atoms with E-state index in [0.29, 0.717) is 18.8 Å². The molecule has 0 aliphatic heterocycles. The van der Waals surface area contributed by atoms with Crippen LogP contribution in [-0.4, -0.2) is 41.2 Å². The second kappa shape index (κ2) is 5.16. The molecule has 1 heterocycles. The number of nitrogen functional groups attached to an aromatic ring is 2. The van der Waals surface area contributed by atoms with Gasteiger partial charge in [-0.3, -0.25) is 4.68 Å². The minimum absolute atomic E-state index is 0.0111. The number of hydrogen-bond donors (Lipinski definition) is 4. The van der Waals surface area contributed by atoms with Gasteiger partial charge in [0.2, 0.25) is 0 Å². The Morgan fingerprint density at radius 2 is 1.78 bits per heavy atom. The highest BCUT2D eigenvalue weighted by Crippen LogP contribution is 2.30. The van der Waals surface area contributed by atoms with Gasteiger partial charge in [0.05, 0.1) is 24.4 Å². The monoisotopic (exact) mass is 250 g/mol. The Morgan fingerprint density at radius 3 is 2.39 bits per heavy atom. The maximum absolute atomic E-state index is 9.09. The smallest absolute Gasteiger partial charge is 0.0944 e. The van der Waals surface area contributed by atoms with Crippen LogP contribution in [0.4, 0.5) is 11.4 Å². The summed E-state index contributed by atoms with van der Waals surface area (Å²) in [4.78, 5) is 1.88. The van der Waals surface area contributed by atoms with Gasteiger partial charge in [0, 0.05) is 30.4 Å². The Kier molecular flexibility index (Phi) is 3.59. The molecule has 0 bridgehead atoms. The summed E-state index contributed by atoms with van der Waals surface area (Å²) in [5.41, 5.74) is 8.22. The normalized spacial score (nSPS) is 11.0. The number of aromatic nitrogens is 1. The van der Waals surface area contributed by atoms with Crippen molar-refractivity contribution in [2.45, 2.75) is 0 Å². The van der Waals surface area contributed by atoms with Crippen LogP contribution in [0.1, 0.15) is 0 Å². The summed E-state index contributed by atoms with van der Waals surface area (Å²) < 4.78 is 1.50. The summed E-state index contributed by atoms with van der Waals surface area (Å²) in [6.45, 7) is 0.893. The van der Waals surface area contributed by atoms with Crippen LogP contribution >= 0.6 is 0 Å². The number of nitrogens with zero attached hydrogens (tertiary/aromatic N) is 2. The first-order chi connectivity index (χ1) is 8.69. The number of nitrogens with two attached hydrogens (primary N) is 2. The van der Waals surface area contributed by atoms with Crippen LogP contribution in [-0.2, 0) is 0 Å². The molecule has 18 heavy (non-hydrogen) atoms. The molecule has 0 saturated heterocycles. The Labute approximate surface area is 105 Å². The van der Waals surface area contributed by atoms with Gasteiger partial charge in [-0.25, -0.2) is 0 Å². The molecule has 6 N–H and O–H groups in total. The number of aliphatic hydroxyl groups excluding tert-OH is 2. The van der Waals surface area contributed by atoms with Crippen molar-refractivity contribution in [1.29, 1.82) is 0 Å². The van der Waals surface area contributed by atoms with Crippen molar-refractivity contribution in [2.75, 3.05) is 42.8 Å². The lowest BCUT2D eigenvalue weighted by atomic mass is 10.1. The van der Waals surface area contributed by atoms with E-state index in [-0.39, 0.29) is 13.2 Å². The van der Waals surface area contributed by atoms with Crippen LogP contribution in [0.25, 0.3) is 10.9 Å². The van der Waals surface area contributed by atoms with Gasteiger partial charge < -0.3 is 26.7 Å². The molecule has 2 aromatic rings. The van der Waals surface area contributed by atoms with Gasteiger partial charge in [-0.1, -0.05) is 0 Å². The van der Waals surface area contributed by atoms with E-state index < -0.39 is 0 Å². The molecule has 0 aliphatic carbocycles. The van der Waals surface area contributed by atoms with Crippen LogP contribution in [0.5, 0.6) is 0 Å². The molecule has 0 aliphatic rings. The first-order valence-electron chi connectivity index (χ1n) is 5.80. The first kappa shape index (κ1) is 12.5. The van der Waals surface area contributed by atoms with E-state index in [2.05, 4.69) is 0 Å². The van der Waals surface area contributed by atoms with Gasteiger partial charge in [-0.15, -0.1) is 0 Å². The lowest BCUT2D eigenvalue weighted by Crippen LogP contribution is -2.30. The van der Waals surface area contributed by atoms with Crippen LogP contribution in [0.2, 0.25) is 0 Å². The minimum Gasteiger partial charge on any atom is -0.398 e. The Hall–Kier alpha value is -1.92. The zero-order valence-corrected chi connectivity index (χ0v) is 10.1. The molecule has 2 rings (SSSR count). The first-order valence-corrected chi connectivity index (χ1v) is 5.80. The number of rotatable bonds is 5. The molecule has 0 unspecified atom stereocenters. The number of benzene rings is 1. The molecule has 98 valence electrons. The average Bonchev–Trinajstić information content (AvgIpc) is 2.74. The highest BCUT2D eigenvalue weighted by molar-refractivity contribution is 5.99. The van der Waals surface area contributed by atoms with Crippen molar-refractivity contribution in [2.24, 2.45) is 0 Å². The van der Waals surface area contributed by atoms with Crippen molar-refractivity contribution in [3.63, 3.8) is 0 Å². The number of aliphatic hydroxyl groups is 2. The van der Waals surface area contributed by atoms with Gasteiger partial charge in [0.1, 0.15) is 0 Å². The molecule has 0 saturated carbocycles. The van der Waals surface area contributed by atoms with Crippen molar-refractivity contribution in [3.8, 4) is 0 Å². The van der Waals surface area contributed by atoms with Crippen molar-refractivity contribution >= 4 is 22.3 Å². The summed E-state index contributed by atoms with van der Waals surface area (Å²) in [5, 5.41) is 19.0. The zero-order chi connectivity index (χ0) is 13.1. The second-order valence-corrected chi connectivity index (χ2v) is 4.09. The minimum atomic E-state index is 0.0111. The summed E-state index contributed by atoms with van der Waals surface area (Å²) in [6.07, 6.45) is 1.74. The van der Waals surface area contributed by atoms with E-state index in [4.69, 9.17) is 21.8 Å². The van der Waals surface area contributed by atoms with Gasteiger partial charge in [-0.2, -0.15) is 0 Å². The molecule has 1 aromatic carbocycles. The Balaban J connectivity index is 2.54. The molecule has 0 fully saturated rings. The van der Waals surface area contributed by atoms with Gasteiger partial charge >= 0.3 is 0 Å². The predicted molar refractivity (Wildman–Crippen MR) is 72.9 cm³/mol. The third-order valence-corrected chi connectivity index (χ3v) is 2.97. The van der Waals surface area contributed by atoms with E-state index in [0.717, 1.165) is 16.6 Å². The molecule has 0 atom stereocenters. The predicted octanol–water partition coefficient (Wildman–Crippen LogP) is -0.272. The maximum Gasteiger partial charge on any atom is 0.0944 e. The number of hydrogen-bond acceptors (Lipinski definition) is 5. The fraction of sp³-hybridized carbons (Fsp3) is 0.333. The number of anilines is 2. The highest BCUT2D eigenvalue weighted by Gasteiger charge is 2.13. The van der Waals surface area contributed by atoms with Crippen LogP contribution in [0.15, 0.2) is 24.4 Å². The van der Waals surface area contributed by atoms with Crippen LogP contribution < -0.4 is 16.5 Å². The molecule has 6 heteroatoms. The molecular weight excluding hydrogens is 232 g/mol. The van der Waals surface area contributed by atoms with Crippen LogP contribution in [0, 0.1) is 0 Å². The topological polar surface area (TPSA) is 101 Å². The molecule has 1 aromatic heterocycles. The molecule has 0 spiro atoms. The quantitative estimate of drug-likeness (QED) is 0.432. The fourth-order valence-corrected chi connectivity index (χ4v) is 2.14. The van der Waals surface area contributed by atoms with E-state index in [9.17, 15) is 0 Å². The largest absolute Gasteiger partial charge is 0.398 e. The SMILES string of the molecule is Nc1ccc(N(CCO)CCO)c2c1ccn2N. The van der Waals surface area contributed by atoms with Crippen LogP contribution in [0.3, 0.4) is 0 Å². The Bertz CT molecular complexity index is 532. The Morgan fingerprint density at radius 1 is 1.11 bits per heavy atom. The van der Waals surface area contributed by atoms with E-state index in [1.54, 1.807) is 12.3 Å². The summed E-state index contributed by atoms with van der Waals surface area (Å²) >= 11 is 0. The highest BCUT2D eigenvalue weighted by atomic mass is 16.3. The lowest BCUT2D eigenvalue weighted by Gasteiger charge is -2.24. The maximum atomic E-state index is 9.09. The molecular formula is C12H18N4O2. The standard InChI is InChI=1S/C12H18N4O2/c13-10-1-2-11(15(5-7-17)6-8-18)12-9(10)3-4-16(12)14/h1-4,17-18H,5-8,13-14H2. The summed E-state index contributed by atoms with van der Waals surface area (Å²) in [5.74, 6) is 5.89. The van der Waals surface area contributed by atoms with Crippen molar-refractivity contribution in [1.82, 2.24) is 4.68 Å². The fourth-order valence-electron chi connectivity index (χ4n) is 2.14. The van der Waals surface area contributed by atoms with E-state index in [1.165, 1.54) is 4.68 Å². The van der Waals surface area contributed by atoms with E-state index >= 15 is 0 Å². The third kappa shape index (κ3) is 2.07. The number of fused-ring (bicyclic) bond motifs is 1.